The summed E-state index contributed by atoms with van der Waals surface area (Å²) in [5.41, 5.74) is 0. The van der Waals surface area contributed by atoms with Crippen LogP contribution in [-0.4, -0.2) is 8.75 Å². The van der Waals surface area contributed by atoms with Crippen LogP contribution in [0.3, 0.4) is 0 Å². The number of aromatic nitrogens is 2. The van der Waals surface area contributed by atoms with Gasteiger partial charge in [0.1, 0.15) is 0 Å². The molecule has 0 unspecified atom stereocenters. The first-order valence-corrected chi connectivity index (χ1v) is 5.50. The van der Waals surface area contributed by atoms with E-state index >= 15 is 0 Å². The molecule has 0 aromatic carbocycles. The Bertz CT molecular complexity index is 279. The Morgan fingerprint density at radius 2 is 1.38 bits per heavy atom. The van der Waals surface area contributed by atoms with E-state index in [9.17, 15) is 0 Å². The van der Waals surface area contributed by atoms with E-state index in [-0.39, 0.29) is 34.0 Å². The number of halogens is 2. The molecule has 0 aliphatic carbocycles. The van der Waals surface area contributed by atoms with E-state index < -0.39 is 0 Å². The van der Waals surface area contributed by atoms with Gasteiger partial charge in [-0.3, -0.25) is 0 Å². The first kappa shape index (κ1) is 13.7. The van der Waals surface area contributed by atoms with Crippen LogP contribution in [0.2, 0.25) is 0 Å². The van der Waals surface area contributed by atoms with E-state index in [0.717, 1.165) is 9.33 Å². The molecule has 0 spiro atoms. The number of rotatable bonds is 2. The molecule has 2 aromatic rings. The van der Waals surface area contributed by atoms with Crippen molar-refractivity contribution in [2.75, 3.05) is 0 Å². The van der Waals surface area contributed by atoms with Crippen LogP contribution in [0.4, 0.5) is 0 Å². The zero-order valence-electron chi connectivity index (χ0n) is 6.09. The monoisotopic (exact) mass is 384 g/mol. The van der Waals surface area contributed by atoms with E-state index in [1.54, 1.807) is 0 Å². The fourth-order valence-electron chi connectivity index (χ4n) is 0.545. The topological polar surface area (TPSA) is 25.8 Å². The molecular weight excluding hydrogens is 383 g/mol. The Labute approximate surface area is 111 Å². The van der Waals surface area contributed by atoms with Crippen LogP contribution in [0, 0.1) is 0 Å². The fraction of sp³-hybridized carbons (Fsp3) is 0. The minimum atomic E-state index is 0. The zero-order chi connectivity index (χ0) is 7.52. The first-order valence-electron chi connectivity index (χ1n) is 2.84. The van der Waals surface area contributed by atoms with Gasteiger partial charge in [-0.15, -0.1) is 0 Å². The van der Waals surface area contributed by atoms with Crippen molar-refractivity contribution in [3.63, 3.8) is 0 Å². The van der Waals surface area contributed by atoms with Gasteiger partial charge in [0.25, 0.3) is 0 Å². The van der Waals surface area contributed by atoms with E-state index in [0.29, 0.717) is 0 Å². The van der Waals surface area contributed by atoms with Gasteiger partial charge in [-0.25, -0.2) is 0 Å². The summed E-state index contributed by atoms with van der Waals surface area (Å²) >= 11 is 4.36. The van der Waals surface area contributed by atoms with E-state index in [4.69, 9.17) is 0 Å². The number of hydrogen-bond donors (Lipinski definition) is 0. The third kappa shape index (κ3) is 4.17. The summed E-state index contributed by atoms with van der Waals surface area (Å²) in [5.74, 6) is 0. The maximum atomic E-state index is 4.17. The maximum absolute atomic E-state index is 4.17. The Hall–Kier alpha value is 0.714. The summed E-state index contributed by atoms with van der Waals surface area (Å²) in [4.78, 5) is 0. The van der Waals surface area contributed by atoms with Gasteiger partial charge in [0.15, 0.2) is 0 Å². The van der Waals surface area contributed by atoms with Crippen molar-refractivity contribution in [1.29, 1.82) is 0 Å². The van der Waals surface area contributed by atoms with Gasteiger partial charge >= 0.3 is 78.5 Å². The molecule has 2 heterocycles. The zero-order valence-corrected chi connectivity index (χ0v) is 11.9. The standard InChI is InChI=1S/2C3H2NS.2BrH.Ni/c2*1-2-4-5-3-1;;;/h2*1,3H;2*1H;/q;;;;+2/p-2. The molecule has 13 heavy (non-hydrogen) atoms. The van der Waals surface area contributed by atoms with Gasteiger partial charge in [0, 0.05) is 0 Å². The van der Waals surface area contributed by atoms with Crippen LogP contribution < -0.4 is 43.3 Å². The number of hydrogen-bond acceptors (Lipinski definition) is 4. The van der Waals surface area contributed by atoms with Crippen LogP contribution in [0.1, 0.15) is 0 Å². The molecule has 7 heteroatoms. The molecule has 0 atom stereocenters. The fourth-order valence-corrected chi connectivity index (χ4v) is 2.77. The quantitative estimate of drug-likeness (QED) is 0.482. The van der Waals surface area contributed by atoms with E-state index in [1.807, 2.05) is 22.9 Å². The predicted molar refractivity (Wildman–Crippen MR) is 43.5 cm³/mol. The summed E-state index contributed by atoms with van der Waals surface area (Å²) in [6, 6.07) is 4.01. The van der Waals surface area contributed by atoms with Crippen LogP contribution in [0.25, 0.3) is 0 Å². The van der Waals surface area contributed by atoms with Crippen LogP contribution in [0.15, 0.2) is 22.9 Å². The molecule has 0 bridgehead atoms. The molecule has 2 nitrogen and oxygen atoms in total. The molecular formula is C6H4Br2N2NiS2. The van der Waals surface area contributed by atoms with Crippen molar-refractivity contribution >= 4 is 32.4 Å². The predicted octanol–water partition coefficient (Wildman–Crippen LogP) is -5.36. The van der Waals surface area contributed by atoms with Gasteiger partial charge in [-0.05, 0) is 0 Å². The molecule has 0 amide bonds. The molecule has 2 rings (SSSR count). The average molecular weight is 387 g/mol. The van der Waals surface area contributed by atoms with E-state index in [1.165, 1.54) is 37.5 Å². The summed E-state index contributed by atoms with van der Waals surface area (Å²) in [6.45, 7) is 0. The van der Waals surface area contributed by atoms with Gasteiger partial charge in [-0.2, -0.15) is 0 Å². The molecule has 0 aliphatic rings. The van der Waals surface area contributed by atoms with Crippen LogP contribution >= 0.6 is 23.1 Å². The van der Waals surface area contributed by atoms with Crippen molar-refractivity contribution in [3.05, 3.63) is 22.9 Å². The molecule has 0 saturated carbocycles. The molecule has 0 aliphatic heterocycles. The molecule has 0 saturated heterocycles. The van der Waals surface area contributed by atoms with Gasteiger partial charge in [0.05, 0.1) is 0 Å². The van der Waals surface area contributed by atoms with Crippen molar-refractivity contribution in [2.45, 2.75) is 0 Å². The second-order valence-electron chi connectivity index (χ2n) is 1.66. The van der Waals surface area contributed by atoms with Crippen LogP contribution in [0.5, 0.6) is 0 Å². The summed E-state index contributed by atoms with van der Waals surface area (Å²) in [5, 5.41) is 3.94. The van der Waals surface area contributed by atoms with Gasteiger partial charge in [0.2, 0.25) is 0 Å². The van der Waals surface area contributed by atoms with Gasteiger partial charge in [-0.1, -0.05) is 0 Å². The molecule has 74 valence electrons. The van der Waals surface area contributed by atoms with Crippen LogP contribution in [-0.2, 0) is 14.4 Å². The minimum absolute atomic E-state index is 0. The Morgan fingerprint density at radius 3 is 1.69 bits per heavy atom. The van der Waals surface area contributed by atoms with Crippen molar-refractivity contribution < 1.29 is 48.4 Å². The van der Waals surface area contributed by atoms with Crippen molar-refractivity contribution in [3.8, 4) is 0 Å². The van der Waals surface area contributed by atoms with Gasteiger partial charge < -0.3 is 34.0 Å². The average Bonchev–Trinajstić information content (AvgIpc) is 2.60. The summed E-state index contributed by atoms with van der Waals surface area (Å²) in [7, 11) is 0. The Balaban J connectivity index is 0.000000720. The second-order valence-corrected chi connectivity index (χ2v) is 4.25. The Kier molecular flexibility index (Phi) is 7.45. The van der Waals surface area contributed by atoms with E-state index in [2.05, 4.69) is 8.75 Å². The Morgan fingerprint density at radius 1 is 0.923 bits per heavy atom. The third-order valence-electron chi connectivity index (χ3n) is 0.943. The van der Waals surface area contributed by atoms with Crippen molar-refractivity contribution in [1.82, 2.24) is 8.75 Å². The normalized spacial score (nSPS) is 8.92. The third-order valence-corrected chi connectivity index (χ3v) is 3.37. The number of nitrogens with zero attached hydrogens (tertiary/aromatic N) is 2. The molecule has 0 radical (unpaired) electrons. The summed E-state index contributed by atoms with van der Waals surface area (Å²) in [6.07, 6.45) is 0. The molecule has 2 aromatic heterocycles. The van der Waals surface area contributed by atoms with Crippen molar-refractivity contribution in [2.24, 2.45) is 0 Å². The SMILES string of the molecule is [Br-].[Br-].c1c[c]([Ni+2][c]2ccsn2)ns1. The summed E-state index contributed by atoms with van der Waals surface area (Å²) < 4.78 is 10.4. The molecule has 0 fully saturated rings. The second kappa shape index (κ2) is 7.06. The molecule has 0 N–H and O–H groups in total. The first-order chi connectivity index (χ1) is 5.45.